The van der Waals surface area contributed by atoms with Gasteiger partial charge in [-0.1, -0.05) is 31.5 Å². The first-order valence-electron chi connectivity index (χ1n) is 10.1. The normalized spacial score (nSPS) is 11.6. The van der Waals surface area contributed by atoms with Crippen LogP contribution in [-0.2, 0) is 19.1 Å². The van der Waals surface area contributed by atoms with Gasteiger partial charge in [0.15, 0.2) is 6.61 Å². The van der Waals surface area contributed by atoms with Crippen LogP contribution >= 0.6 is 11.3 Å². The van der Waals surface area contributed by atoms with Crippen LogP contribution in [0.1, 0.15) is 50.6 Å². The molecule has 0 radical (unpaired) electrons. The number of hydrogen-bond acceptors (Lipinski definition) is 7. The van der Waals surface area contributed by atoms with E-state index < -0.39 is 36.4 Å². The van der Waals surface area contributed by atoms with Crippen molar-refractivity contribution in [3.63, 3.8) is 0 Å². The van der Waals surface area contributed by atoms with Gasteiger partial charge in [0.2, 0.25) is 0 Å². The van der Waals surface area contributed by atoms with Crippen molar-refractivity contribution in [3.05, 3.63) is 51.4 Å². The molecule has 172 valence electrons. The lowest BCUT2D eigenvalue weighted by atomic mass is 10.0. The summed E-state index contributed by atoms with van der Waals surface area (Å²) in [5, 5.41) is 5.60. The average Bonchev–Trinajstić information content (AvgIpc) is 3.02. The van der Waals surface area contributed by atoms with Crippen LogP contribution in [0.3, 0.4) is 0 Å². The molecular weight excluding hydrogens is 432 g/mol. The Morgan fingerprint density at radius 1 is 1.09 bits per heavy atom. The van der Waals surface area contributed by atoms with Crippen LogP contribution in [0.5, 0.6) is 0 Å². The van der Waals surface area contributed by atoms with E-state index in [1.165, 1.54) is 18.4 Å². The topological polar surface area (TPSA) is 111 Å². The molecule has 0 aliphatic rings. The van der Waals surface area contributed by atoms with Crippen molar-refractivity contribution in [2.24, 2.45) is 5.92 Å². The smallest absolute Gasteiger partial charge is 0.341 e. The third kappa shape index (κ3) is 6.16. The van der Waals surface area contributed by atoms with Gasteiger partial charge in [0, 0.05) is 10.4 Å². The van der Waals surface area contributed by atoms with E-state index in [4.69, 9.17) is 9.47 Å². The van der Waals surface area contributed by atoms with Gasteiger partial charge in [-0.05, 0) is 44.4 Å². The molecule has 0 bridgehead atoms. The highest BCUT2D eigenvalue weighted by atomic mass is 32.1. The van der Waals surface area contributed by atoms with Gasteiger partial charge in [0.05, 0.1) is 12.7 Å². The molecule has 9 heteroatoms. The lowest BCUT2D eigenvalue weighted by Crippen LogP contribution is -2.46. The van der Waals surface area contributed by atoms with Crippen molar-refractivity contribution in [3.8, 4) is 0 Å². The van der Waals surface area contributed by atoms with Crippen LogP contribution in [0, 0.1) is 26.7 Å². The van der Waals surface area contributed by atoms with E-state index in [-0.39, 0.29) is 11.5 Å². The second-order valence-electron chi connectivity index (χ2n) is 7.70. The summed E-state index contributed by atoms with van der Waals surface area (Å²) in [6.07, 6.45) is 0. The predicted molar refractivity (Wildman–Crippen MR) is 122 cm³/mol. The Balaban J connectivity index is 2.02. The molecule has 0 spiro atoms. The number of amides is 2. The fourth-order valence-electron chi connectivity index (χ4n) is 2.96. The quantitative estimate of drug-likeness (QED) is 0.584. The van der Waals surface area contributed by atoms with Crippen LogP contribution < -0.4 is 10.6 Å². The number of anilines is 1. The van der Waals surface area contributed by atoms with Crippen LogP contribution in [-0.4, -0.2) is 43.5 Å². The maximum absolute atomic E-state index is 12.6. The van der Waals surface area contributed by atoms with Gasteiger partial charge in [-0.2, -0.15) is 0 Å². The Labute approximate surface area is 191 Å². The van der Waals surface area contributed by atoms with Gasteiger partial charge in [0.25, 0.3) is 11.8 Å². The molecule has 0 saturated carbocycles. The maximum atomic E-state index is 12.6. The summed E-state index contributed by atoms with van der Waals surface area (Å²) in [5.41, 5.74) is 2.34. The number of thiophene rings is 1. The highest BCUT2D eigenvalue weighted by Gasteiger charge is 2.27. The van der Waals surface area contributed by atoms with E-state index in [1.807, 2.05) is 19.9 Å². The van der Waals surface area contributed by atoms with E-state index in [0.717, 1.165) is 10.4 Å². The summed E-state index contributed by atoms with van der Waals surface area (Å²) in [6.45, 7) is 8.43. The minimum Gasteiger partial charge on any atom is -0.465 e. The van der Waals surface area contributed by atoms with Gasteiger partial charge in [-0.15, -0.1) is 11.3 Å². The number of carbonyl (C=O) groups excluding carboxylic acids is 4. The maximum Gasteiger partial charge on any atom is 0.341 e. The zero-order valence-corrected chi connectivity index (χ0v) is 19.8. The SMILES string of the molecule is COC(=O)c1c(NC(=O)COC(=O)[C@@H](NC(=O)c2cccc(C)c2)C(C)C)sc(C)c1C. The monoisotopic (exact) mass is 460 g/mol. The summed E-state index contributed by atoms with van der Waals surface area (Å²) in [4.78, 5) is 50.3. The number of benzene rings is 1. The number of methoxy groups -OCH3 is 1. The van der Waals surface area contributed by atoms with E-state index in [2.05, 4.69) is 10.6 Å². The molecule has 1 atom stereocenters. The third-order valence-electron chi connectivity index (χ3n) is 4.86. The van der Waals surface area contributed by atoms with E-state index in [1.54, 1.807) is 39.0 Å². The van der Waals surface area contributed by atoms with Crippen LogP contribution in [0.2, 0.25) is 0 Å². The highest BCUT2D eigenvalue weighted by Crippen LogP contribution is 2.32. The van der Waals surface area contributed by atoms with Gasteiger partial charge in [0.1, 0.15) is 11.0 Å². The molecule has 0 fully saturated rings. The number of rotatable bonds is 8. The first kappa shape index (κ1) is 25.1. The van der Waals surface area contributed by atoms with Crippen LogP contribution in [0.4, 0.5) is 5.00 Å². The first-order valence-corrected chi connectivity index (χ1v) is 10.9. The zero-order valence-electron chi connectivity index (χ0n) is 19.0. The van der Waals surface area contributed by atoms with E-state index in [9.17, 15) is 19.2 Å². The molecule has 0 aliphatic carbocycles. The van der Waals surface area contributed by atoms with Crippen LogP contribution in [0.15, 0.2) is 24.3 Å². The molecule has 2 rings (SSSR count). The molecule has 32 heavy (non-hydrogen) atoms. The molecule has 0 unspecified atom stereocenters. The van der Waals surface area contributed by atoms with E-state index >= 15 is 0 Å². The highest BCUT2D eigenvalue weighted by molar-refractivity contribution is 7.16. The summed E-state index contributed by atoms with van der Waals surface area (Å²) in [6, 6.07) is 6.07. The lowest BCUT2D eigenvalue weighted by Gasteiger charge is -2.21. The summed E-state index contributed by atoms with van der Waals surface area (Å²) < 4.78 is 9.93. The molecule has 8 nitrogen and oxygen atoms in total. The first-order chi connectivity index (χ1) is 15.0. The summed E-state index contributed by atoms with van der Waals surface area (Å²) >= 11 is 1.24. The van der Waals surface area contributed by atoms with Crippen molar-refractivity contribution >= 4 is 40.1 Å². The standard InChI is InChI=1S/C23H28N2O6S/c1-12(2)19(25-20(27)16-9-7-8-13(3)10-16)23(29)31-11-17(26)24-21-18(22(28)30-6)14(4)15(5)32-21/h7-10,12,19H,11H2,1-6H3,(H,24,26)(H,25,27)/t19-/m0/s1. The fourth-order valence-corrected chi connectivity index (χ4v) is 4.03. The van der Waals surface area contributed by atoms with Gasteiger partial charge >= 0.3 is 11.9 Å². The van der Waals surface area contributed by atoms with Gasteiger partial charge < -0.3 is 20.1 Å². The summed E-state index contributed by atoms with van der Waals surface area (Å²) in [7, 11) is 1.26. The molecular formula is C23H28N2O6S. The molecule has 0 saturated heterocycles. The number of aryl methyl sites for hydroxylation is 2. The molecule has 1 aromatic heterocycles. The lowest BCUT2D eigenvalue weighted by molar-refractivity contribution is -0.150. The number of ether oxygens (including phenoxy) is 2. The van der Waals surface area contributed by atoms with Crippen molar-refractivity contribution < 1.29 is 28.7 Å². The Bertz CT molecular complexity index is 1030. The van der Waals surface area contributed by atoms with Gasteiger partial charge in [-0.3, -0.25) is 9.59 Å². The zero-order chi connectivity index (χ0) is 24.0. The largest absolute Gasteiger partial charge is 0.465 e. The average molecular weight is 461 g/mol. The van der Waals surface area contributed by atoms with Crippen molar-refractivity contribution in [2.45, 2.75) is 40.7 Å². The molecule has 1 aromatic carbocycles. The molecule has 2 aromatic rings. The number of carbonyl (C=O) groups is 4. The molecule has 2 N–H and O–H groups in total. The number of esters is 2. The third-order valence-corrected chi connectivity index (χ3v) is 5.98. The van der Waals surface area contributed by atoms with Crippen LogP contribution in [0.25, 0.3) is 0 Å². The summed E-state index contributed by atoms with van der Waals surface area (Å²) in [5.74, 6) is -2.54. The van der Waals surface area contributed by atoms with E-state index in [0.29, 0.717) is 16.1 Å². The Morgan fingerprint density at radius 2 is 1.78 bits per heavy atom. The Hall–Kier alpha value is -3.20. The minimum absolute atomic E-state index is 0.257. The molecule has 2 amide bonds. The predicted octanol–water partition coefficient (Wildman–Crippen LogP) is 3.40. The van der Waals surface area contributed by atoms with Crippen molar-refractivity contribution in [1.82, 2.24) is 5.32 Å². The van der Waals surface area contributed by atoms with Gasteiger partial charge in [-0.25, -0.2) is 9.59 Å². The Morgan fingerprint density at radius 3 is 2.38 bits per heavy atom. The second-order valence-corrected chi connectivity index (χ2v) is 8.92. The Kier molecular flexibility index (Phi) is 8.54. The number of hydrogen-bond donors (Lipinski definition) is 2. The second kappa shape index (κ2) is 10.9. The fraction of sp³-hybridized carbons (Fsp3) is 0.391. The minimum atomic E-state index is -0.923. The van der Waals surface area contributed by atoms with Crippen molar-refractivity contribution in [1.29, 1.82) is 0 Å². The van der Waals surface area contributed by atoms with Crippen molar-refractivity contribution in [2.75, 3.05) is 19.0 Å². The molecule has 0 aliphatic heterocycles. The number of nitrogens with one attached hydrogen (secondary N) is 2. The molecule has 1 heterocycles.